The molecule has 0 radical (unpaired) electrons. The molecular weight excluding hydrogens is 450 g/mol. The predicted octanol–water partition coefficient (Wildman–Crippen LogP) is 6.04. The van der Waals surface area contributed by atoms with Gasteiger partial charge < -0.3 is 14.9 Å². The summed E-state index contributed by atoms with van der Waals surface area (Å²) in [6.45, 7) is 3.97. The summed E-state index contributed by atoms with van der Waals surface area (Å²) in [5.41, 5.74) is 5.28. The minimum Gasteiger partial charge on any atom is -0.508 e. The molecule has 0 fully saturated rings. The van der Waals surface area contributed by atoms with Crippen molar-refractivity contribution in [2.75, 3.05) is 5.32 Å². The summed E-state index contributed by atoms with van der Waals surface area (Å²) in [5, 5.41) is 17.2. The Morgan fingerprint density at radius 3 is 2.41 bits per heavy atom. The number of phenols is 1. The molecule has 0 saturated heterocycles. The van der Waals surface area contributed by atoms with Crippen LogP contribution >= 0.6 is 11.6 Å². The first-order valence-corrected chi connectivity index (χ1v) is 11.3. The van der Waals surface area contributed by atoms with Crippen LogP contribution in [-0.2, 0) is 4.79 Å². The van der Waals surface area contributed by atoms with E-state index in [2.05, 4.69) is 35.6 Å². The van der Waals surface area contributed by atoms with Gasteiger partial charge in [-0.05, 0) is 54.8 Å². The Kier molecular flexibility index (Phi) is 5.67. The number of hydrogen-bond donors (Lipinski definition) is 2. The van der Waals surface area contributed by atoms with Crippen molar-refractivity contribution in [2.24, 2.45) is 10.9 Å². The van der Waals surface area contributed by atoms with Gasteiger partial charge in [0, 0.05) is 21.8 Å². The molecule has 1 aliphatic carbocycles. The first-order chi connectivity index (χ1) is 16.4. The van der Waals surface area contributed by atoms with Gasteiger partial charge in [0.05, 0.1) is 17.0 Å². The zero-order chi connectivity index (χ0) is 23.8. The van der Waals surface area contributed by atoms with Crippen molar-refractivity contribution in [1.82, 2.24) is 5.16 Å². The minimum atomic E-state index is -0.971. The average Bonchev–Trinajstić information content (AvgIpc) is 3.00. The fourth-order valence-electron chi connectivity index (χ4n) is 4.09. The molecule has 2 aliphatic rings. The van der Waals surface area contributed by atoms with Crippen LogP contribution in [0.15, 0.2) is 87.9 Å². The molecule has 2 unspecified atom stereocenters. The first-order valence-electron chi connectivity index (χ1n) is 10.9. The van der Waals surface area contributed by atoms with Gasteiger partial charge in [-0.15, -0.1) is 0 Å². The summed E-state index contributed by atoms with van der Waals surface area (Å²) in [7, 11) is 0. The molecule has 34 heavy (non-hydrogen) atoms. The highest BCUT2D eigenvalue weighted by Crippen LogP contribution is 2.39. The fraction of sp³-hybridized carbons (Fsp3) is 0.148. The number of anilines is 1. The number of carbonyl (C=O) groups excluding carboxylic acids is 1. The summed E-state index contributed by atoms with van der Waals surface area (Å²) in [4.78, 5) is 18.4. The molecule has 0 bridgehead atoms. The number of halogens is 1. The van der Waals surface area contributed by atoms with Gasteiger partial charge in [0.25, 0.3) is 5.91 Å². The maximum Gasteiger partial charge on any atom is 0.257 e. The third-order valence-corrected chi connectivity index (χ3v) is 6.10. The van der Waals surface area contributed by atoms with E-state index in [-0.39, 0.29) is 17.6 Å². The zero-order valence-electron chi connectivity index (χ0n) is 18.6. The molecule has 2 atom stereocenters. The van der Waals surface area contributed by atoms with Crippen LogP contribution in [0.3, 0.4) is 0 Å². The quantitative estimate of drug-likeness (QED) is 0.456. The highest BCUT2D eigenvalue weighted by atomic mass is 35.5. The molecule has 170 valence electrons. The molecule has 2 heterocycles. The van der Waals surface area contributed by atoms with Crippen molar-refractivity contribution in [3.63, 3.8) is 0 Å². The second-order valence-corrected chi connectivity index (χ2v) is 8.77. The lowest BCUT2D eigenvalue weighted by molar-refractivity contribution is -0.117. The van der Waals surface area contributed by atoms with Crippen LogP contribution in [0, 0.1) is 12.8 Å². The van der Waals surface area contributed by atoms with E-state index in [0.29, 0.717) is 27.9 Å². The molecule has 0 spiro atoms. The molecule has 7 heteroatoms. The number of rotatable bonds is 3. The number of amides is 1. The highest BCUT2D eigenvalue weighted by Gasteiger charge is 2.35. The van der Waals surface area contributed by atoms with Crippen molar-refractivity contribution in [2.45, 2.75) is 19.9 Å². The van der Waals surface area contributed by atoms with Gasteiger partial charge >= 0.3 is 0 Å². The summed E-state index contributed by atoms with van der Waals surface area (Å²) in [6, 6.07) is 12.7. The van der Waals surface area contributed by atoms with Crippen LogP contribution in [0.4, 0.5) is 5.69 Å². The van der Waals surface area contributed by atoms with E-state index in [1.807, 2.05) is 25.1 Å². The Balaban J connectivity index is 1.69. The maximum atomic E-state index is 13.5. The van der Waals surface area contributed by atoms with E-state index in [9.17, 15) is 9.90 Å². The summed E-state index contributed by atoms with van der Waals surface area (Å²) in [6.07, 6.45) is 8.30. The van der Waals surface area contributed by atoms with Gasteiger partial charge in [0.2, 0.25) is 0 Å². The second-order valence-electron chi connectivity index (χ2n) is 8.34. The number of nitrogens with one attached hydrogen (secondary N) is 1. The largest absolute Gasteiger partial charge is 0.508 e. The number of aliphatic imine (C=N–C) groups is 1. The fourth-order valence-corrected chi connectivity index (χ4v) is 4.22. The molecule has 5 rings (SSSR count). The van der Waals surface area contributed by atoms with Crippen LogP contribution in [0.2, 0.25) is 5.02 Å². The van der Waals surface area contributed by atoms with Crippen molar-refractivity contribution in [1.29, 1.82) is 0 Å². The molecule has 1 aromatic heterocycles. The van der Waals surface area contributed by atoms with E-state index in [4.69, 9.17) is 21.1 Å². The Morgan fingerprint density at radius 1 is 1.03 bits per heavy atom. The summed E-state index contributed by atoms with van der Waals surface area (Å²) < 4.78 is 5.71. The van der Waals surface area contributed by atoms with Crippen molar-refractivity contribution >= 4 is 34.5 Å². The molecule has 1 amide bonds. The molecular formula is C27H22ClN3O3. The molecule has 2 aromatic carbocycles. The molecule has 1 aliphatic heterocycles. The van der Waals surface area contributed by atoms with E-state index < -0.39 is 6.04 Å². The zero-order valence-corrected chi connectivity index (χ0v) is 19.4. The van der Waals surface area contributed by atoms with Crippen molar-refractivity contribution in [3.8, 4) is 5.75 Å². The van der Waals surface area contributed by atoms with Gasteiger partial charge in [-0.1, -0.05) is 60.1 Å². The number of benzene rings is 2. The smallest absolute Gasteiger partial charge is 0.257 e. The Hall–Kier alpha value is -3.90. The monoisotopic (exact) mass is 471 g/mol. The number of hydrogen-bond acceptors (Lipinski definition) is 5. The highest BCUT2D eigenvalue weighted by molar-refractivity contribution is 6.31. The SMILES string of the molecule is Cc1noc2c1C1=C(C=CC(C)C=C1)C(c1ccc(Cl)cc1)=NC2C(=O)Nc1ccc(O)cc1. The van der Waals surface area contributed by atoms with E-state index in [1.54, 1.807) is 24.3 Å². The van der Waals surface area contributed by atoms with Gasteiger partial charge in [0.1, 0.15) is 5.75 Å². The van der Waals surface area contributed by atoms with E-state index in [0.717, 1.165) is 22.3 Å². The summed E-state index contributed by atoms with van der Waals surface area (Å²) >= 11 is 6.14. The molecule has 6 nitrogen and oxygen atoms in total. The normalized spacial score (nSPS) is 19.1. The van der Waals surface area contributed by atoms with Gasteiger partial charge in [-0.3, -0.25) is 9.79 Å². The lowest BCUT2D eigenvalue weighted by Gasteiger charge is -2.13. The Bertz CT molecular complexity index is 1380. The molecule has 0 saturated carbocycles. The number of phenolic OH excluding ortho intramolecular Hbond substituents is 1. The first kappa shape index (κ1) is 21.9. The van der Waals surface area contributed by atoms with Crippen molar-refractivity contribution in [3.05, 3.63) is 106 Å². The number of aromatic hydroxyl groups is 1. The number of aryl methyl sites for hydroxylation is 1. The maximum absolute atomic E-state index is 13.5. The number of nitrogens with zero attached hydrogens (tertiary/aromatic N) is 2. The lowest BCUT2D eigenvalue weighted by Crippen LogP contribution is -2.21. The topological polar surface area (TPSA) is 87.7 Å². The molecule has 2 N–H and O–H groups in total. The predicted molar refractivity (Wildman–Crippen MR) is 133 cm³/mol. The van der Waals surface area contributed by atoms with Gasteiger partial charge in [0.15, 0.2) is 11.8 Å². The minimum absolute atomic E-state index is 0.115. The average molecular weight is 472 g/mol. The van der Waals surface area contributed by atoms with Crippen LogP contribution in [0.25, 0.3) is 5.57 Å². The Morgan fingerprint density at radius 2 is 1.71 bits per heavy atom. The van der Waals surface area contributed by atoms with Crippen LogP contribution in [0.1, 0.15) is 35.5 Å². The lowest BCUT2D eigenvalue weighted by atomic mass is 9.93. The number of aromatic nitrogens is 1. The van der Waals surface area contributed by atoms with Crippen LogP contribution in [0.5, 0.6) is 5.75 Å². The third-order valence-electron chi connectivity index (χ3n) is 5.84. The van der Waals surface area contributed by atoms with Crippen molar-refractivity contribution < 1.29 is 14.4 Å². The number of allylic oxidation sites excluding steroid dienone is 6. The van der Waals surface area contributed by atoms with E-state index >= 15 is 0 Å². The number of fused-ring (bicyclic) bond motifs is 2. The number of carbonyl (C=O) groups is 1. The Labute approximate surface area is 202 Å². The van der Waals surface area contributed by atoms with Gasteiger partial charge in [-0.2, -0.15) is 0 Å². The van der Waals surface area contributed by atoms with E-state index in [1.165, 1.54) is 12.1 Å². The summed E-state index contributed by atoms with van der Waals surface area (Å²) in [5.74, 6) is 0.367. The molecule has 3 aromatic rings. The van der Waals surface area contributed by atoms with Crippen LogP contribution < -0.4 is 5.32 Å². The standard InChI is InChI=1S/C27H22ClN3O3/c1-15-3-13-21-22(14-4-15)24(17-5-7-18(28)8-6-17)30-25(26-23(21)16(2)31-34-26)27(33)29-19-9-11-20(32)12-10-19/h3-15,25,32H,1-2H3,(H,29,33). The second kappa shape index (κ2) is 8.80. The van der Waals surface area contributed by atoms with Crippen LogP contribution in [-0.4, -0.2) is 21.9 Å². The third kappa shape index (κ3) is 4.08. The van der Waals surface area contributed by atoms with Gasteiger partial charge in [-0.25, -0.2) is 0 Å².